The highest BCUT2D eigenvalue weighted by Crippen LogP contribution is 2.37. The smallest absolute Gasteiger partial charge is 0.322 e. The second-order valence-electron chi connectivity index (χ2n) is 6.46. The molecule has 1 heterocycles. The Hall–Kier alpha value is -2.68. The summed E-state index contributed by atoms with van der Waals surface area (Å²) in [6.07, 6.45) is 2.36. The van der Waals surface area contributed by atoms with Gasteiger partial charge in [-0.05, 0) is 24.5 Å². The molecule has 1 aromatic rings. The summed E-state index contributed by atoms with van der Waals surface area (Å²) < 4.78 is 0. The monoisotopic (exact) mass is 347 g/mol. The van der Waals surface area contributed by atoms with E-state index in [2.05, 4.69) is 21.3 Å². The first-order valence-electron chi connectivity index (χ1n) is 8.25. The van der Waals surface area contributed by atoms with Crippen LogP contribution in [0.25, 0.3) is 0 Å². The molecule has 3 rings (SSSR count). The van der Waals surface area contributed by atoms with Gasteiger partial charge < -0.3 is 16.0 Å². The van der Waals surface area contributed by atoms with Crippen molar-refractivity contribution in [2.75, 3.05) is 18.9 Å². The number of nitro groups is 1. The topological polar surface area (TPSA) is 125 Å². The Morgan fingerprint density at radius 2 is 2.20 bits per heavy atom. The van der Waals surface area contributed by atoms with E-state index >= 15 is 0 Å². The molecule has 3 amide bonds. The molecule has 134 valence electrons. The van der Waals surface area contributed by atoms with Gasteiger partial charge in [-0.25, -0.2) is 4.79 Å². The number of nitrogens with one attached hydrogen (secondary N) is 4. The highest BCUT2D eigenvalue weighted by molar-refractivity contribution is 6.07. The van der Waals surface area contributed by atoms with E-state index in [9.17, 15) is 19.7 Å². The van der Waals surface area contributed by atoms with E-state index in [1.165, 1.54) is 6.07 Å². The lowest BCUT2D eigenvalue weighted by atomic mass is 9.87. The molecule has 1 saturated heterocycles. The summed E-state index contributed by atoms with van der Waals surface area (Å²) in [4.78, 5) is 34.3. The lowest BCUT2D eigenvalue weighted by molar-refractivity contribution is -0.384. The highest BCUT2D eigenvalue weighted by Gasteiger charge is 2.53. The second kappa shape index (κ2) is 6.67. The Labute approximate surface area is 144 Å². The van der Waals surface area contributed by atoms with E-state index in [1.54, 1.807) is 13.1 Å². The van der Waals surface area contributed by atoms with Crippen LogP contribution in [0.15, 0.2) is 18.2 Å². The van der Waals surface area contributed by atoms with Gasteiger partial charge in [0.1, 0.15) is 11.2 Å². The average molecular weight is 347 g/mol. The minimum absolute atomic E-state index is 0.00511. The van der Waals surface area contributed by atoms with Crippen LogP contribution < -0.4 is 21.3 Å². The quantitative estimate of drug-likeness (QED) is 0.347. The van der Waals surface area contributed by atoms with Crippen LogP contribution in [0.2, 0.25) is 0 Å². The molecule has 2 fully saturated rings. The molecule has 0 unspecified atom stereocenters. The van der Waals surface area contributed by atoms with Crippen LogP contribution in [0.3, 0.4) is 0 Å². The summed E-state index contributed by atoms with van der Waals surface area (Å²) in [6, 6.07) is 4.60. The van der Waals surface area contributed by atoms with E-state index in [4.69, 9.17) is 0 Å². The fourth-order valence-electron chi connectivity index (χ4n) is 3.76. The largest absolute Gasteiger partial charge is 0.383 e. The van der Waals surface area contributed by atoms with E-state index in [1.807, 2.05) is 6.07 Å². The molecular formula is C16H21N5O4. The summed E-state index contributed by atoms with van der Waals surface area (Å²) >= 11 is 0. The van der Waals surface area contributed by atoms with Gasteiger partial charge in [0.15, 0.2) is 0 Å². The minimum atomic E-state index is -0.813. The lowest BCUT2D eigenvalue weighted by Gasteiger charge is -2.28. The average Bonchev–Trinajstić information content (AvgIpc) is 3.11. The summed E-state index contributed by atoms with van der Waals surface area (Å²) in [6.45, 7) is 1.00. The summed E-state index contributed by atoms with van der Waals surface area (Å²) in [5, 5.41) is 22.3. The molecule has 1 spiro atoms. The molecule has 0 aromatic heterocycles. The number of amides is 3. The van der Waals surface area contributed by atoms with Crippen molar-refractivity contribution in [3.8, 4) is 0 Å². The maximum absolute atomic E-state index is 12.1. The molecular weight excluding hydrogens is 326 g/mol. The van der Waals surface area contributed by atoms with Crippen molar-refractivity contribution < 1.29 is 14.5 Å². The first kappa shape index (κ1) is 17.2. The van der Waals surface area contributed by atoms with Crippen molar-refractivity contribution in [3.63, 3.8) is 0 Å². The summed E-state index contributed by atoms with van der Waals surface area (Å²) in [7, 11) is 1.64. The first-order chi connectivity index (χ1) is 12.0. The zero-order chi connectivity index (χ0) is 18.0. The zero-order valence-corrected chi connectivity index (χ0v) is 13.9. The Kier molecular flexibility index (Phi) is 4.58. The molecule has 1 saturated carbocycles. The molecule has 1 aliphatic heterocycles. The molecule has 0 bridgehead atoms. The van der Waals surface area contributed by atoms with Gasteiger partial charge in [-0.3, -0.25) is 20.2 Å². The van der Waals surface area contributed by atoms with Crippen LogP contribution >= 0.6 is 0 Å². The summed E-state index contributed by atoms with van der Waals surface area (Å²) in [5.41, 5.74) is 0.472. The highest BCUT2D eigenvalue weighted by atomic mass is 16.6. The van der Waals surface area contributed by atoms with Gasteiger partial charge in [-0.1, -0.05) is 12.5 Å². The molecule has 1 aromatic carbocycles. The number of hydrogen-bond donors (Lipinski definition) is 4. The van der Waals surface area contributed by atoms with Crippen LogP contribution in [0.5, 0.6) is 0 Å². The third-order valence-corrected chi connectivity index (χ3v) is 5.04. The third kappa shape index (κ3) is 3.14. The van der Waals surface area contributed by atoms with Gasteiger partial charge in [0, 0.05) is 32.1 Å². The predicted octanol–water partition coefficient (Wildman–Crippen LogP) is 1.10. The fraction of sp³-hybridized carbons (Fsp3) is 0.500. The van der Waals surface area contributed by atoms with Crippen molar-refractivity contribution in [1.82, 2.24) is 16.0 Å². The Morgan fingerprint density at radius 3 is 2.84 bits per heavy atom. The number of imide groups is 1. The molecule has 0 radical (unpaired) electrons. The van der Waals surface area contributed by atoms with Gasteiger partial charge in [0.2, 0.25) is 0 Å². The molecule has 9 nitrogen and oxygen atoms in total. The van der Waals surface area contributed by atoms with Crippen LogP contribution in [0, 0.1) is 16.0 Å². The van der Waals surface area contributed by atoms with Gasteiger partial charge in [-0.2, -0.15) is 0 Å². The number of carbonyl (C=O) groups is 2. The SMILES string of the molecule is CNc1ccc(CNC[C@H]2CCC[C@]23NC(=O)NC3=O)cc1[N+](=O)[O-]. The van der Waals surface area contributed by atoms with E-state index in [-0.39, 0.29) is 17.5 Å². The molecule has 2 atom stereocenters. The number of nitro benzene ring substituents is 1. The van der Waals surface area contributed by atoms with Crippen LogP contribution in [-0.2, 0) is 11.3 Å². The number of hydrogen-bond acceptors (Lipinski definition) is 6. The van der Waals surface area contributed by atoms with Crippen molar-refractivity contribution in [1.29, 1.82) is 0 Å². The van der Waals surface area contributed by atoms with Crippen molar-refractivity contribution >= 4 is 23.3 Å². The predicted molar refractivity (Wildman–Crippen MR) is 91.1 cm³/mol. The molecule has 1 aliphatic carbocycles. The van der Waals surface area contributed by atoms with Gasteiger partial charge >= 0.3 is 6.03 Å². The normalized spacial score (nSPS) is 25.1. The van der Waals surface area contributed by atoms with Crippen LogP contribution in [-0.4, -0.2) is 36.0 Å². The van der Waals surface area contributed by atoms with Crippen LogP contribution in [0.4, 0.5) is 16.2 Å². The number of carbonyl (C=O) groups excluding carboxylic acids is 2. The fourth-order valence-corrected chi connectivity index (χ4v) is 3.76. The van der Waals surface area contributed by atoms with Crippen molar-refractivity contribution in [3.05, 3.63) is 33.9 Å². The Morgan fingerprint density at radius 1 is 1.40 bits per heavy atom. The number of anilines is 1. The van der Waals surface area contributed by atoms with Crippen LogP contribution in [0.1, 0.15) is 24.8 Å². The second-order valence-corrected chi connectivity index (χ2v) is 6.46. The van der Waals surface area contributed by atoms with Crippen molar-refractivity contribution in [2.45, 2.75) is 31.3 Å². The third-order valence-electron chi connectivity index (χ3n) is 5.04. The number of urea groups is 1. The van der Waals surface area contributed by atoms with Gasteiger partial charge in [0.05, 0.1) is 4.92 Å². The van der Waals surface area contributed by atoms with Crippen molar-refractivity contribution in [2.24, 2.45) is 5.92 Å². The lowest BCUT2D eigenvalue weighted by Crippen LogP contribution is -2.52. The maximum Gasteiger partial charge on any atom is 0.322 e. The molecule has 2 aliphatic rings. The molecule has 25 heavy (non-hydrogen) atoms. The van der Waals surface area contributed by atoms with E-state index in [0.29, 0.717) is 25.2 Å². The molecule has 4 N–H and O–H groups in total. The van der Waals surface area contributed by atoms with E-state index < -0.39 is 16.5 Å². The standard InChI is InChI=1S/C16H21N5O4/c1-17-12-5-4-10(7-13(12)21(24)25)8-18-9-11-3-2-6-16(11)14(22)19-15(23)20-16/h4-5,7,11,17-18H,2-3,6,8-9H2,1H3,(H2,19,20,22,23)/t11-,16+/m1/s1. The Balaban J connectivity index is 1.63. The number of rotatable bonds is 6. The van der Waals surface area contributed by atoms with E-state index in [0.717, 1.165) is 18.4 Å². The zero-order valence-electron chi connectivity index (χ0n) is 13.9. The first-order valence-corrected chi connectivity index (χ1v) is 8.25. The Bertz CT molecular complexity index is 722. The summed E-state index contributed by atoms with van der Waals surface area (Å²) in [5.74, 6) is -0.249. The molecule has 9 heteroatoms. The maximum atomic E-state index is 12.1. The number of nitrogens with zero attached hydrogens (tertiary/aromatic N) is 1. The minimum Gasteiger partial charge on any atom is -0.383 e. The number of benzene rings is 1. The van der Waals surface area contributed by atoms with Gasteiger partial charge in [-0.15, -0.1) is 0 Å². The van der Waals surface area contributed by atoms with Gasteiger partial charge in [0.25, 0.3) is 11.6 Å².